The summed E-state index contributed by atoms with van der Waals surface area (Å²) < 4.78 is 31.6. The highest BCUT2D eigenvalue weighted by molar-refractivity contribution is 7.79. The number of hydrogen-bond acceptors (Lipinski definition) is 2. The van der Waals surface area contributed by atoms with E-state index in [9.17, 15) is 0 Å². The van der Waals surface area contributed by atoms with Crippen LogP contribution in [-0.4, -0.2) is 17.5 Å². The van der Waals surface area contributed by atoms with Crippen LogP contribution in [0.25, 0.3) is 0 Å². The summed E-state index contributed by atoms with van der Waals surface area (Å²) in [6.07, 6.45) is 11.0. The molecule has 2 N–H and O–H groups in total. The Morgan fingerprint density at radius 1 is 1.00 bits per heavy atom. The Morgan fingerprint density at radius 3 is 1.36 bits per heavy atom. The number of allylic oxidation sites excluding steroid dienone is 4. The molecule has 0 amide bonds. The fourth-order valence-corrected chi connectivity index (χ4v) is 0.542. The van der Waals surface area contributed by atoms with E-state index < -0.39 is 10.4 Å². The van der Waals surface area contributed by atoms with Gasteiger partial charge in [0.25, 0.3) is 0 Å². The minimum absolute atomic E-state index is 1.23. The molecule has 64 valence electrons. The topological polar surface area (TPSA) is 74.6 Å². The van der Waals surface area contributed by atoms with Gasteiger partial charge in [0.15, 0.2) is 0 Å². The Hall–Kier alpha value is -0.650. The molecule has 0 radical (unpaired) electrons. The zero-order chi connectivity index (χ0) is 8.74. The number of hydrogen-bond donors (Lipinski definition) is 2. The summed E-state index contributed by atoms with van der Waals surface area (Å²) in [6, 6.07) is 0. The lowest BCUT2D eigenvalue weighted by Crippen LogP contribution is -1.89. The first-order valence-electron chi connectivity index (χ1n) is 3.01. The minimum Gasteiger partial charge on any atom is -0.264 e. The van der Waals surface area contributed by atoms with E-state index in [0.717, 1.165) is 0 Å². The minimum atomic E-state index is -4.67. The Morgan fingerprint density at radius 2 is 1.27 bits per heavy atom. The molecule has 0 aliphatic heterocycles. The van der Waals surface area contributed by atoms with Gasteiger partial charge in [0, 0.05) is 0 Å². The van der Waals surface area contributed by atoms with Crippen molar-refractivity contribution < 1.29 is 17.5 Å². The van der Waals surface area contributed by atoms with Crippen molar-refractivity contribution >= 4 is 10.4 Å². The average molecular weight is 178 g/mol. The van der Waals surface area contributed by atoms with Crippen molar-refractivity contribution in [2.24, 2.45) is 0 Å². The molecule has 1 aliphatic carbocycles. The van der Waals surface area contributed by atoms with Gasteiger partial charge < -0.3 is 0 Å². The van der Waals surface area contributed by atoms with Crippen LogP contribution in [0.15, 0.2) is 24.3 Å². The van der Waals surface area contributed by atoms with E-state index in [-0.39, 0.29) is 0 Å². The van der Waals surface area contributed by atoms with Crippen LogP contribution >= 0.6 is 0 Å². The molecule has 0 unspecified atom stereocenters. The molecule has 0 bridgehead atoms. The Labute approximate surface area is 65.8 Å². The van der Waals surface area contributed by atoms with Crippen molar-refractivity contribution in [2.75, 3.05) is 0 Å². The van der Waals surface area contributed by atoms with Crippen LogP contribution in [0.1, 0.15) is 12.8 Å². The standard InChI is InChI=1S/C6H8.H2O4S/c1-2-4-6-5-3-1;1-5(2,3)4/h1-4H,5-6H2;(H2,1,2,3,4). The summed E-state index contributed by atoms with van der Waals surface area (Å²) in [4.78, 5) is 0. The van der Waals surface area contributed by atoms with Gasteiger partial charge in [-0.3, -0.25) is 9.11 Å². The molecule has 0 aromatic carbocycles. The summed E-state index contributed by atoms with van der Waals surface area (Å²) in [5.74, 6) is 0. The highest BCUT2D eigenvalue weighted by Gasteiger charge is 1.84. The van der Waals surface area contributed by atoms with Gasteiger partial charge in [-0.1, -0.05) is 24.3 Å². The van der Waals surface area contributed by atoms with E-state index >= 15 is 0 Å². The summed E-state index contributed by atoms with van der Waals surface area (Å²) in [6.45, 7) is 0. The summed E-state index contributed by atoms with van der Waals surface area (Å²) >= 11 is 0. The second kappa shape index (κ2) is 5.06. The monoisotopic (exact) mass is 178 g/mol. The highest BCUT2D eigenvalue weighted by atomic mass is 32.3. The largest absolute Gasteiger partial charge is 0.394 e. The fraction of sp³-hybridized carbons (Fsp3) is 0.333. The third kappa shape index (κ3) is 17.6. The van der Waals surface area contributed by atoms with Gasteiger partial charge in [-0.15, -0.1) is 0 Å². The summed E-state index contributed by atoms with van der Waals surface area (Å²) in [5, 5.41) is 0. The van der Waals surface area contributed by atoms with Crippen LogP contribution in [0.3, 0.4) is 0 Å². The number of rotatable bonds is 0. The van der Waals surface area contributed by atoms with Crippen molar-refractivity contribution in [1.29, 1.82) is 0 Å². The van der Waals surface area contributed by atoms with Crippen molar-refractivity contribution in [1.82, 2.24) is 0 Å². The molecule has 0 spiro atoms. The molecule has 1 rings (SSSR count). The second-order valence-electron chi connectivity index (χ2n) is 1.88. The third-order valence-corrected chi connectivity index (χ3v) is 0.883. The normalized spacial score (nSPS) is 15.5. The lowest BCUT2D eigenvalue weighted by Gasteiger charge is -1.88. The maximum atomic E-state index is 8.74. The van der Waals surface area contributed by atoms with E-state index in [0.29, 0.717) is 0 Å². The molecule has 0 saturated carbocycles. The van der Waals surface area contributed by atoms with Crippen molar-refractivity contribution in [2.45, 2.75) is 12.8 Å². The van der Waals surface area contributed by atoms with Gasteiger partial charge in [-0.2, -0.15) is 8.42 Å². The quantitative estimate of drug-likeness (QED) is 0.547. The lowest BCUT2D eigenvalue weighted by atomic mass is 10.2. The van der Waals surface area contributed by atoms with Gasteiger partial charge in [0.1, 0.15) is 0 Å². The SMILES string of the molecule is C1=CCCC=C1.O=S(=O)(O)O. The first kappa shape index (κ1) is 10.3. The Kier molecular flexibility index (Phi) is 4.76. The Bertz CT molecular complexity index is 217. The van der Waals surface area contributed by atoms with Gasteiger partial charge in [-0.25, -0.2) is 0 Å². The maximum absolute atomic E-state index is 8.74. The smallest absolute Gasteiger partial charge is 0.264 e. The molecule has 0 aromatic rings. The van der Waals surface area contributed by atoms with Gasteiger partial charge in [0.05, 0.1) is 0 Å². The molecule has 0 saturated heterocycles. The molecule has 5 heteroatoms. The third-order valence-electron chi connectivity index (χ3n) is 0.883. The summed E-state index contributed by atoms with van der Waals surface area (Å²) in [5.41, 5.74) is 0. The van der Waals surface area contributed by atoms with Gasteiger partial charge >= 0.3 is 10.4 Å². The van der Waals surface area contributed by atoms with E-state index in [1.165, 1.54) is 12.8 Å². The first-order chi connectivity index (χ1) is 5.00. The van der Waals surface area contributed by atoms with E-state index in [4.69, 9.17) is 17.5 Å². The van der Waals surface area contributed by atoms with Crippen LogP contribution in [0, 0.1) is 0 Å². The molecule has 0 aromatic heterocycles. The molecule has 0 atom stereocenters. The zero-order valence-corrected chi connectivity index (χ0v) is 6.66. The molecule has 0 heterocycles. The molecule has 11 heavy (non-hydrogen) atoms. The second-order valence-corrected chi connectivity index (χ2v) is 2.78. The van der Waals surface area contributed by atoms with E-state index in [1.807, 2.05) is 0 Å². The van der Waals surface area contributed by atoms with Crippen molar-refractivity contribution in [3.63, 3.8) is 0 Å². The highest BCUT2D eigenvalue weighted by Crippen LogP contribution is 1.98. The van der Waals surface area contributed by atoms with Crippen LogP contribution in [0.5, 0.6) is 0 Å². The first-order valence-corrected chi connectivity index (χ1v) is 4.41. The summed E-state index contributed by atoms with van der Waals surface area (Å²) in [7, 11) is -4.67. The van der Waals surface area contributed by atoms with Crippen LogP contribution in [0.2, 0.25) is 0 Å². The van der Waals surface area contributed by atoms with Gasteiger partial charge in [-0.05, 0) is 12.8 Å². The molecular formula is C6H10O4S. The zero-order valence-electron chi connectivity index (χ0n) is 5.84. The fourth-order valence-electron chi connectivity index (χ4n) is 0.542. The van der Waals surface area contributed by atoms with E-state index in [1.54, 1.807) is 0 Å². The molecule has 0 fully saturated rings. The average Bonchev–Trinajstić information content (AvgIpc) is 1.88. The predicted octanol–water partition coefficient (Wildman–Crippen LogP) is 1.24. The van der Waals surface area contributed by atoms with Crippen molar-refractivity contribution in [3.05, 3.63) is 24.3 Å². The lowest BCUT2D eigenvalue weighted by molar-refractivity contribution is 0.381. The van der Waals surface area contributed by atoms with Gasteiger partial charge in [0.2, 0.25) is 0 Å². The molecular weight excluding hydrogens is 168 g/mol. The molecule has 1 aliphatic rings. The molecule has 4 nitrogen and oxygen atoms in total. The Balaban J connectivity index is 0.000000187. The van der Waals surface area contributed by atoms with Crippen LogP contribution < -0.4 is 0 Å². The van der Waals surface area contributed by atoms with Crippen LogP contribution in [-0.2, 0) is 10.4 Å². The van der Waals surface area contributed by atoms with Crippen molar-refractivity contribution in [3.8, 4) is 0 Å². The van der Waals surface area contributed by atoms with E-state index in [2.05, 4.69) is 24.3 Å². The van der Waals surface area contributed by atoms with Crippen LogP contribution in [0.4, 0.5) is 0 Å². The predicted molar refractivity (Wildman–Crippen MR) is 41.7 cm³/mol. The maximum Gasteiger partial charge on any atom is 0.394 e.